The molecule has 4 rings (SSSR count). The van der Waals surface area contributed by atoms with Gasteiger partial charge in [-0.15, -0.1) is 0 Å². The number of rotatable bonds is 4. The lowest BCUT2D eigenvalue weighted by atomic mass is 9.94. The summed E-state index contributed by atoms with van der Waals surface area (Å²) in [5, 5.41) is 4.96. The first-order valence-corrected chi connectivity index (χ1v) is 8.00. The Kier molecular flexibility index (Phi) is 4.53. The molecule has 3 nitrogen and oxygen atoms in total. The summed E-state index contributed by atoms with van der Waals surface area (Å²) in [7, 11) is 2.05. The van der Waals surface area contributed by atoms with E-state index in [1.807, 2.05) is 25.2 Å². The van der Waals surface area contributed by atoms with Gasteiger partial charge in [-0.3, -0.25) is 9.80 Å². The number of fused-ring (bicyclic) bond motifs is 3. The normalized spacial score (nSPS) is 30.4. The van der Waals surface area contributed by atoms with Gasteiger partial charge in [0.05, 0.1) is 0 Å². The predicted octanol–water partition coefficient (Wildman–Crippen LogP) is 2.12. The molecule has 0 aliphatic carbocycles. The smallest absolute Gasteiger partial charge is 0.0453 e. The van der Waals surface area contributed by atoms with Crippen LogP contribution < -0.4 is 5.32 Å². The summed E-state index contributed by atoms with van der Waals surface area (Å²) in [5.74, 6) is 0. The predicted molar refractivity (Wildman–Crippen MR) is 84.8 cm³/mol. The molecule has 2 unspecified atom stereocenters. The highest BCUT2D eigenvalue weighted by atomic mass is 35.5. The van der Waals surface area contributed by atoms with E-state index >= 15 is 0 Å². The van der Waals surface area contributed by atoms with Gasteiger partial charge in [0.25, 0.3) is 0 Å². The molecular formula is C15H21Cl2N3. The third kappa shape index (κ3) is 2.97. The summed E-state index contributed by atoms with van der Waals surface area (Å²) in [4.78, 5) is 5.18. The van der Waals surface area contributed by atoms with E-state index in [0.717, 1.165) is 18.0 Å². The van der Waals surface area contributed by atoms with Gasteiger partial charge in [-0.1, -0.05) is 29.3 Å². The molecule has 2 atom stereocenters. The van der Waals surface area contributed by atoms with E-state index in [2.05, 4.69) is 15.1 Å². The third-order valence-corrected chi connectivity index (χ3v) is 5.20. The van der Waals surface area contributed by atoms with E-state index in [-0.39, 0.29) is 0 Å². The molecule has 1 N–H and O–H groups in total. The molecule has 3 aliphatic rings. The Morgan fingerprint density at radius 1 is 1.25 bits per heavy atom. The zero-order chi connectivity index (χ0) is 14.1. The highest BCUT2D eigenvalue weighted by Crippen LogP contribution is 2.25. The van der Waals surface area contributed by atoms with Gasteiger partial charge in [-0.05, 0) is 31.2 Å². The molecule has 3 heterocycles. The first kappa shape index (κ1) is 14.6. The SMILES string of the molecule is CNC(Cc1ccc(Cl)cc1Cl)C1CN2CCN1CC2. The molecule has 3 fully saturated rings. The fraction of sp³-hybridized carbons (Fsp3) is 0.600. The van der Waals surface area contributed by atoms with Crippen LogP contribution in [0.15, 0.2) is 18.2 Å². The number of halogens is 2. The molecule has 2 bridgehead atoms. The van der Waals surface area contributed by atoms with Gasteiger partial charge < -0.3 is 5.32 Å². The zero-order valence-electron chi connectivity index (χ0n) is 11.8. The fourth-order valence-corrected chi connectivity index (χ4v) is 3.88. The van der Waals surface area contributed by atoms with Crippen molar-refractivity contribution >= 4 is 23.2 Å². The molecule has 0 aromatic heterocycles. The lowest BCUT2D eigenvalue weighted by molar-refractivity contribution is -0.00201. The van der Waals surface area contributed by atoms with Crippen molar-refractivity contribution in [1.29, 1.82) is 0 Å². The van der Waals surface area contributed by atoms with E-state index in [0.29, 0.717) is 17.1 Å². The Labute approximate surface area is 130 Å². The number of nitrogens with one attached hydrogen (secondary N) is 1. The maximum atomic E-state index is 6.31. The van der Waals surface area contributed by atoms with Gasteiger partial charge in [0, 0.05) is 54.9 Å². The summed E-state index contributed by atoms with van der Waals surface area (Å²) >= 11 is 12.3. The van der Waals surface area contributed by atoms with Gasteiger partial charge >= 0.3 is 0 Å². The zero-order valence-corrected chi connectivity index (χ0v) is 13.3. The molecule has 0 radical (unpaired) electrons. The number of piperazine rings is 3. The molecule has 0 amide bonds. The van der Waals surface area contributed by atoms with Crippen LogP contribution in [0.1, 0.15) is 5.56 Å². The number of hydrogen-bond donors (Lipinski definition) is 1. The van der Waals surface area contributed by atoms with Crippen LogP contribution in [-0.2, 0) is 6.42 Å². The van der Waals surface area contributed by atoms with Crippen LogP contribution in [-0.4, -0.2) is 61.7 Å². The van der Waals surface area contributed by atoms with Crippen LogP contribution in [0.5, 0.6) is 0 Å². The van der Waals surface area contributed by atoms with Gasteiger partial charge in [-0.25, -0.2) is 0 Å². The van der Waals surface area contributed by atoms with Gasteiger partial charge in [0.2, 0.25) is 0 Å². The van der Waals surface area contributed by atoms with Gasteiger partial charge in [0.15, 0.2) is 0 Å². The maximum Gasteiger partial charge on any atom is 0.0453 e. The van der Waals surface area contributed by atoms with Crippen LogP contribution in [0.2, 0.25) is 10.0 Å². The molecule has 1 aromatic carbocycles. The van der Waals surface area contributed by atoms with Crippen LogP contribution >= 0.6 is 23.2 Å². The minimum absolute atomic E-state index is 0.428. The molecule has 0 spiro atoms. The lowest BCUT2D eigenvalue weighted by Crippen LogP contribution is -2.66. The van der Waals surface area contributed by atoms with Crippen LogP contribution in [0, 0.1) is 0 Å². The fourth-order valence-electron chi connectivity index (χ4n) is 3.39. The summed E-state index contributed by atoms with van der Waals surface area (Å²) in [6.45, 7) is 5.98. The Balaban J connectivity index is 1.73. The summed E-state index contributed by atoms with van der Waals surface area (Å²) in [6, 6.07) is 6.81. The quantitative estimate of drug-likeness (QED) is 0.918. The first-order valence-electron chi connectivity index (χ1n) is 7.25. The average Bonchev–Trinajstić information content (AvgIpc) is 2.48. The third-order valence-electron chi connectivity index (χ3n) is 4.61. The molecular weight excluding hydrogens is 293 g/mol. The largest absolute Gasteiger partial charge is 0.315 e. The minimum atomic E-state index is 0.428. The second-order valence-corrected chi connectivity index (χ2v) is 6.58. The molecule has 0 saturated carbocycles. The number of nitrogens with zero attached hydrogens (tertiary/aromatic N) is 2. The monoisotopic (exact) mass is 313 g/mol. The van der Waals surface area contributed by atoms with E-state index in [1.165, 1.54) is 31.7 Å². The lowest BCUT2D eigenvalue weighted by Gasteiger charge is -2.50. The Bertz CT molecular complexity index is 472. The summed E-state index contributed by atoms with van der Waals surface area (Å²) in [5.41, 5.74) is 1.17. The van der Waals surface area contributed by atoms with E-state index < -0.39 is 0 Å². The minimum Gasteiger partial charge on any atom is -0.315 e. The molecule has 3 saturated heterocycles. The molecule has 5 heteroatoms. The topological polar surface area (TPSA) is 18.5 Å². The molecule has 110 valence electrons. The number of likely N-dealkylation sites (N-methyl/N-ethyl adjacent to an activating group) is 1. The Morgan fingerprint density at radius 2 is 2.00 bits per heavy atom. The Hall–Kier alpha value is -0.320. The number of hydrogen-bond acceptors (Lipinski definition) is 3. The maximum absolute atomic E-state index is 6.31. The number of benzene rings is 1. The van der Waals surface area contributed by atoms with Crippen LogP contribution in [0.4, 0.5) is 0 Å². The van der Waals surface area contributed by atoms with Crippen LogP contribution in [0.25, 0.3) is 0 Å². The van der Waals surface area contributed by atoms with Gasteiger partial charge in [-0.2, -0.15) is 0 Å². The van der Waals surface area contributed by atoms with Crippen LogP contribution in [0.3, 0.4) is 0 Å². The average molecular weight is 314 g/mol. The molecule has 3 aliphatic heterocycles. The van der Waals surface area contributed by atoms with Crippen molar-refractivity contribution in [2.45, 2.75) is 18.5 Å². The van der Waals surface area contributed by atoms with Crippen molar-refractivity contribution in [3.05, 3.63) is 33.8 Å². The standard InChI is InChI=1S/C15H21Cl2N3/c1-18-14(8-11-2-3-12(16)9-13(11)17)15-10-19-4-6-20(15)7-5-19/h2-3,9,14-15,18H,4-8,10H2,1H3. The van der Waals surface area contributed by atoms with Crippen molar-refractivity contribution in [3.63, 3.8) is 0 Å². The highest BCUT2D eigenvalue weighted by Gasteiger charge is 2.36. The van der Waals surface area contributed by atoms with E-state index in [4.69, 9.17) is 23.2 Å². The summed E-state index contributed by atoms with van der Waals surface area (Å²) in [6.07, 6.45) is 0.946. The second kappa shape index (κ2) is 6.20. The first-order chi connectivity index (χ1) is 9.67. The van der Waals surface area contributed by atoms with Crippen molar-refractivity contribution in [3.8, 4) is 0 Å². The highest BCUT2D eigenvalue weighted by molar-refractivity contribution is 6.35. The summed E-state index contributed by atoms with van der Waals surface area (Å²) < 4.78 is 0. The molecule has 1 aromatic rings. The van der Waals surface area contributed by atoms with E-state index in [9.17, 15) is 0 Å². The van der Waals surface area contributed by atoms with Crippen molar-refractivity contribution in [2.24, 2.45) is 0 Å². The van der Waals surface area contributed by atoms with E-state index in [1.54, 1.807) is 0 Å². The molecule has 20 heavy (non-hydrogen) atoms. The van der Waals surface area contributed by atoms with Crippen molar-refractivity contribution in [1.82, 2.24) is 15.1 Å². The van der Waals surface area contributed by atoms with Crippen molar-refractivity contribution < 1.29 is 0 Å². The Morgan fingerprint density at radius 3 is 2.55 bits per heavy atom. The van der Waals surface area contributed by atoms with Crippen molar-refractivity contribution in [2.75, 3.05) is 39.8 Å². The second-order valence-electron chi connectivity index (χ2n) is 5.74. The van der Waals surface area contributed by atoms with Gasteiger partial charge in [0.1, 0.15) is 0 Å².